The predicted molar refractivity (Wildman–Crippen MR) is 119 cm³/mol. The summed E-state index contributed by atoms with van der Waals surface area (Å²) in [5, 5.41) is 2.89. The van der Waals surface area contributed by atoms with E-state index in [0.29, 0.717) is 13.2 Å². The summed E-state index contributed by atoms with van der Waals surface area (Å²) in [7, 11) is 1.95. The van der Waals surface area contributed by atoms with Gasteiger partial charge in [-0.05, 0) is 41.5 Å². The van der Waals surface area contributed by atoms with Crippen LogP contribution < -0.4 is 10.1 Å². The number of hydrogen-bond donors (Lipinski definition) is 1. The minimum absolute atomic E-state index is 0.161. The van der Waals surface area contributed by atoms with E-state index in [9.17, 15) is 4.79 Å². The Kier molecular flexibility index (Phi) is 5.90. The first-order valence-electron chi connectivity index (χ1n) is 9.82. The van der Waals surface area contributed by atoms with Crippen LogP contribution in [0.4, 0.5) is 0 Å². The Labute approximate surface area is 175 Å². The Hall–Kier alpha value is -3.86. The summed E-state index contributed by atoms with van der Waals surface area (Å²) in [6, 6.07) is 25.6. The van der Waals surface area contributed by atoms with Crippen molar-refractivity contribution in [2.45, 2.75) is 13.2 Å². The van der Waals surface area contributed by atoms with Crippen molar-refractivity contribution in [3.63, 3.8) is 0 Å². The number of amides is 1. The highest BCUT2D eigenvalue weighted by Gasteiger charge is 2.07. The number of para-hydroxylation sites is 2. The maximum Gasteiger partial charge on any atom is 0.244 e. The maximum atomic E-state index is 12.2. The van der Waals surface area contributed by atoms with Gasteiger partial charge in [0, 0.05) is 13.1 Å². The lowest BCUT2D eigenvalue weighted by atomic mass is 10.2. The van der Waals surface area contributed by atoms with Crippen molar-refractivity contribution < 1.29 is 9.53 Å². The van der Waals surface area contributed by atoms with Gasteiger partial charge in [0.05, 0.1) is 17.6 Å². The van der Waals surface area contributed by atoms with Gasteiger partial charge < -0.3 is 14.6 Å². The molecule has 0 atom stereocenters. The van der Waals surface area contributed by atoms with Crippen molar-refractivity contribution >= 4 is 23.0 Å². The molecule has 1 N–H and O–H groups in total. The number of benzene rings is 3. The molecule has 0 saturated carbocycles. The van der Waals surface area contributed by atoms with Gasteiger partial charge in [-0.3, -0.25) is 4.79 Å². The number of rotatable bonds is 7. The first-order chi connectivity index (χ1) is 14.7. The number of hydrogen-bond acceptors (Lipinski definition) is 3. The average Bonchev–Trinajstić information content (AvgIpc) is 3.12. The van der Waals surface area contributed by atoms with Gasteiger partial charge in [-0.1, -0.05) is 54.6 Å². The lowest BCUT2D eigenvalue weighted by Gasteiger charge is -2.06. The summed E-state index contributed by atoms with van der Waals surface area (Å²) in [6.45, 7) is 0.904. The van der Waals surface area contributed by atoms with Gasteiger partial charge in [-0.15, -0.1) is 0 Å². The fourth-order valence-corrected chi connectivity index (χ4v) is 3.17. The molecule has 0 unspecified atom stereocenters. The molecule has 0 aliphatic heterocycles. The Morgan fingerprint density at radius 3 is 2.50 bits per heavy atom. The number of imidazole rings is 1. The Morgan fingerprint density at radius 1 is 1.00 bits per heavy atom. The van der Waals surface area contributed by atoms with E-state index in [1.54, 1.807) is 6.08 Å². The minimum Gasteiger partial charge on any atom is -0.489 e. The summed E-state index contributed by atoms with van der Waals surface area (Å²) >= 11 is 0. The Morgan fingerprint density at radius 2 is 1.73 bits per heavy atom. The average molecular weight is 397 g/mol. The monoisotopic (exact) mass is 397 g/mol. The summed E-state index contributed by atoms with van der Waals surface area (Å²) in [5.74, 6) is 1.45. The molecule has 0 radical (unpaired) electrons. The smallest absolute Gasteiger partial charge is 0.244 e. The number of ether oxygens (including phenoxy) is 1. The maximum absolute atomic E-state index is 12.2. The number of fused-ring (bicyclic) bond motifs is 1. The molecule has 1 amide bonds. The molecule has 4 rings (SSSR count). The van der Waals surface area contributed by atoms with E-state index in [1.165, 1.54) is 6.08 Å². The van der Waals surface area contributed by atoms with E-state index in [1.807, 2.05) is 90.5 Å². The number of carbonyl (C=O) groups excluding carboxylic acids is 1. The van der Waals surface area contributed by atoms with Crippen molar-refractivity contribution in [1.82, 2.24) is 14.9 Å². The predicted octanol–water partition coefficient (Wildman–Crippen LogP) is 4.48. The number of aryl methyl sites for hydroxylation is 1. The fraction of sp³-hybridized carbons (Fsp3) is 0.120. The van der Waals surface area contributed by atoms with Crippen LogP contribution in [0.5, 0.6) is 5.75 Å². The zero-order valence-corrected chi connectivity index (χ0v) is 16.8. The molecular formula is C25H23N3O2. The number of nitrogens with zero attached hydrogens (tertiary/aromatic N) is 2. The number of aromatic nitrogens is 2. The summed E-state index contributed by atoms with van der Waals surface area (Å²) in [5.41, 5.74) is 4.03. The first-order valence-corrected chi connectivity index (χ1v) is 9.82. The summed E-state index contributed by atoms with van der Waals surface area (Å²) in [6.07, 6.45) is 3.31. The molecule has 5 nitrogen and oxygen atoms in total. The molecule has 1 heterocycles. The van der Waals surface area contributed by atoms with Crippen LogP contribution in [0.2, 0.25) is 0 Å². The van der Waals surface area contributed by atoms with E-state index >= 15 is 0 Å². The van der Waals surface area contributed by atoms with Crippen molar-refractivity contribution in [2.75, 3.05) is 0 Å². The van der Waals surface area contributed by atoms with Crippen molar-refractivity contribution in [2.24, 2.45) is 7.05 Å². The van der Waals surface area contributed by atoms with Crippen molar-refractivity contribution in [1.29, 1.82) is 0 Å². The summed E-state index contributed by atoms with van der Waals surface area (Å²) < 4.78 is 7.78. The molecule has 30 heavy (non-hydrogen) atoms. The SMILES string of the molecule is Cn1c(CNC(=O)/C=C/c2ccc(OCc3ccccc3)cc2)nc2ccccc21. The molecule has 5 heteroatoms. The van der Waals surface area contributed by atoms with Gasteiger partial charge in [-0.25, -0.2) is 4.98 Å². The zero-order valence-electron chi connectivity index (χ0n) is 16.8. The van der Waals surface area contributed by atoms with E-state index < -0.39 is 0 Å². The molecule has 1 aromatic heterocycles. The van der Waals surface area contributed by atoms with Gasteiger partial charge >= 0.3 is 0 Å². The highest BCUT2D eigenvalue weighted by atomic mass is 16.5. The van der Waals surface area contributed by atoms with E-state index in [0.717, 1.165) is 33.7 Å². The molecular weight excluding hydrogens is 374 g/mol. The largest absolute Gasteiger partial charge is 0.489 e. The van der Waals surface area contributed by atoms with Crippen molar-refractivity contribution in [3.05, 3.63) is 102 Å². The van der Waals surface area contributed by atoms with Crippen LogP contribution in [-0.2, 0) is 25.0 Å². The van der Waals surface area contributed by atoms with Crippen LogP contribution in [0.25, 0.3) is 17.1 Å². The Bertz CT molecular complexity index is 1160. The molecule has 0 fully saturated rings. The lowest BCUT2D eigenvalue weighted by Crippen LogP contribution is -2.22. The number of carbonyl (C=O) groups is 1. The second kappa shape index (κ2) is 9.09. The third kappa shape index (κ3) is 4.75. The standard InChI is InChI=1S/C25H23N3O2/c1-28-23-10-6-5-9-22(23)27-24(28)17-26-25(29)16-13-19-11-14-21(15-12-19)30-18-20-7-3-2-4-8-20/h2-16H,17-18H2,1H3,(H,26,29)/b16-13+. The highest BCUT2D eigenvalue weighted by molar-refractivity contribution is 5.91. The fourth-order valence-electron chi connectivity index (χ4n) is 3.17. The second-order valence-electron chi connectivity index (χ2n) is 6.97. The molecule has 0 spiro atoms. The molecule has 0 bridgehead atoms. The van der Waals surface area contributed by atoms with Gasteiger partial charge in [0.2, 0.25) is 5.91 Å². The normalized spacial score (nSPS) is 11.1. The lowest BCUT2D eigenvalue weighted by molar-refractivity contribution is -0.116. The molecule has 3 aromatic carbocycles. The molecule has 0 aliphatic carbocycles. The molecule has 0 aliphatic rings. The van der Waals surface area contributed by atoms with Crippen LogP contribution in [0.3, 0.4) is 0 Å². The van der Waals surface area contributed by atoms with Crippen LogP contribution in [0.15, 0.2) is 84.9 Å². The van der Waals surface area contributed by atoms with Crippen LogP contribution in [-0.4, -0.2) is 15.5 Å². The van der Waals surface area contributed by atoms with E-state index in [4.69, 9.17) is 4.74 Å². The quantitative estimate of drug-likeness (QED) is 0.468. The third-order valence-electron chi connectivity index (χ3n) is 4.86. The zero-order chi connectivity index (χ0) is 20.8. The Balaban J connectivity index is 1.29. The van der Waals surface area contributed by atoms with Crippen molar-refractivity contribution in [3.8, 4) is 5.75 Å². The van der Waals surface area contributed by atoms with Crippen LogP contribution in [0.1, 0.15) is 17.0 Å². The van der Waals surface area contributed by atoms with Crippen LogP contribution in [0, 0.1) is 0 Å². The van der Waals surface area contributed by atoms with Gasteiger partial charge in [0.1, 0.15) is 18.2 Å². The van der Waals surface area contributed by atoms with E-state index in [-0.39, 0.29) is 5.91 Å². The molecule has 150 valence electrons. The first kappa shape index (κ1) is 19.5. The topological polar surface area (TPSA) is 56.2 Å². The third-order valence-corrected chi connectivity index (χ3v) is 4.86. The van der Waals surface area contributed by atoms with Gasteiger partial charge in [0.25, 0.3) is 0 Å². The minimum atomic E-state index is -0.161. The highest BCUT2D eigenvalue weighted by Crippen LogP contribution is 2.16. The summed E-state index contributed by atoms with van der Waals surface area (Å²) in [4.78, 5) is 16.7. The second-order valence-corrected chi connectivity index (χ2v) is 6.97. The van der Waals surface area contributed by atoms with Gasteiger partial charge in [0.15, 0.2) is 0 Å². The molecule has 4 aromatic rings. The van der Waals surface area contributed by atoms with E-state index in [2.05, 4.69) is 10.3 Å². The molecule has 0 saturated heterocycles. The van der Waals surface area contributed by atoms with Gasteiger partial charge in [-0.2, -0.15) is 0 Å². The number of nitrogens with one attached hydrogen (secondary N) is 1. The van der Waals surface area contributed by atoms with Crippen LogP contribution >= 0.6 is 0 Å².